The van der Waals surface area contributed by atoms with Gasteiger partial charge in [-0.25, -0.2) is 4.79 Å². The lowest BCUT2D eigenvalue weighted by molar-refractivity contribution is -0.147. The second-order valence-corrected chi connectivity index (χ2v) is 10.8. The predicted molar refractivity (Wildman–Crippen MR) is 124 cm³/mol. The highest BCUT2D eigenvalue weighted by molar-refractivity contribution is 7.58. The van der Waals surface area contributed by atoms with E-state index in [1.54, 1.807) is 6.92 Å². The minimum atomic E-state index is -3.75. The van der Waals surface area contributed by atoms with E-state index in [2.05, 4.69) is 23.9 Å². The molecule has 0 aliphatic carbocycles. The third kappa shape index (κ3) is 5.93. The summed E-state index contributed by atoms with van der Waals surface area (Å²) in [5.41, 5.74) is 3.12. The molecule has 5 N–H and O–H groups in total. The highest BCUT2D eigenvalue weighted by Gasteiger charge is 2.65. The van der Waals surface area contributed by atoms with Gasteiger partial charge in [-0.15, -0.1) is 5.09 Å². The van der Waals surface area contributed by atoms with Crippen molar-refractivity contribution in [2.24, 2.45) is 5.92 Å². The average molecular weight is 504 g/mol. The molecule has 0 aromatic carbocycles. The van der Waals surface area contributed by atoms with Gasteiger partial charge in [0.05, 0.1) is 6.61 Å². The Bertz CT molecular complexity index is 909. The van der Waals surface area contributed by atoms with Crippen LogP contribution in [0.4, 0.5) is 5.82 Å². The van der Waals surface area contributed by atoms with Crippen LogP contribution in [0.25, 0.3) is 0 Å². The zero-order valence-corrected chi connectivity index (χ0v) is 20.9. The summed E-state index contributed by atoms with van der Waals surface area (Å²) < 4.78 is 23.6. The number of carbonyl (C=O) groups excluding carboxylic acids is 1. The van der Waals surface area contributed by atoms with Crippen LogP contribution in [0, 0.1) is 5.92 Å². The number of ether oxygens (including phenoxy) is 2. The fraction of sp³-hybridized carbons (Fsp3) is 0.762. The van der Waals surface area contributed by atoms with E-state index >= 15 is 0 Å². The standard InChI is InChI=1S/C21H35N4O8P/c1-5-7-14(8-6-2)11-30-18(26)13(3)24-34(29)31-12-15-17(33-34)21(4,28)19(32-15)25-10-9-16(22)23-20(25)27/h9-10,13-15,17,19,24,28-29H,5-8,11-12H2,1-4H3,(H-,22,23,27)/p+1/t13-,15+,17+,19+,21+,34?/m0/s1. The van der Waals surface area contributed by atoms with Gasteiger partial charge >= 0.3 is 19.8 Å². The first-order chi connectivity index (χ1) is 16.0. The van der Waals surface area contributed by atoms with Crippen LogP contribution >= 0.6 is 8.09 Å². The van der Waals surface area contributed by atoms with Crippen LogP contribution < -0.4 is 16.5 Å². The number of aliphatic hydroxyl groups is 1. The number of esters is 1. The minimum Gasteiger partial charge on any atom is -0.464 e. The van der Waals surface area contributed by atoms with Crippen molar-refractivity contribution in [3.8, 4) is 0 Å². The third-order valence-corrected chi connectivity index (χ3v) is 7.78. The molecular weight excluding hydrogens is 467 g/mol. The van der Waals surface area contributed by atoms with Crippen LogP contribution in [-0.2, 0) is 23.3 Å². The Morgan fingerprint density at radius 2 is 2.12 bits per heavy atom. The Kier molecular flexibility index (Phi) is 8.67. The highest BCUT2D eigenvalue weighted by Crippen LogP contribution is 2.61. The van der Waals surface area contributed by atoms with Gasteiger partial charge < -0.3 is 20.3 Å². The Hall–Kier alpha value is -1.66. The molecule has 0 saturated carbocycles. The lowest BCUT2D eigenvalue weighted by atomic mass is 9.96. The van der Waals surface area contributed by atoms with E-state index < -0.39 is 49.8 Å². The van der Waals surface area contributed by atoms with Crippen molar-refractivity contribution in [2.75, 3.05) is 18.9 Å². The molecule has 2 saturated heterocycles. The summed E-state index contributed by atoms with van der Waals surface area (Å²) in [5.74, 6) is -0.204. The number of rotatable bonds is 10. The fourth-order valence-electron chi connectivity index (χ4n) is 4.32. The molecule has 1 unspecified atom stereocenters. The summed E-state index contributed by atoms with van der Waals surface area (Å²) in [7, 11) is -3.75. The first-order valence-corrected chi connectivity index (χ1v) is 13.2. The number of nitrogens with two attached hydrogens (primary N) is 1. The molecule has 2 aliphatic heterocycles. The molecule has 3 rings (SSSR count). The molecule has 0 spiro atoms. The molecule has 34 heavy (non-hydrogen) atoms. The van der Waals surface area contributed by atoms with Crippen molar-refractivity contribution in [1.82, 2.24) is 14.6 Å². The SMILES string of the molecule is CCCC(CCC)COC(=O)[C@H](C)N[P+]1(O)OC[C@H]2O[C@@H](n3ccc(N)nc3=O)[C@](C)(O)[C@@H]2O1. The quantitative estimate of drug-likeness (QED) is 0.268. The number of carbonyl (C=O) groups is 1. The van der Waals surface area contributed by atoms with Crippen LogP contribution in [0.5, 0.6) is 0 Å². The van der Waals surface area contributed by atoms with Gasteiger partial charge in [0.15, 0.2) is 12.3 Å². The van der Waals surface area contributed by atoms with Crippen LogP contribution in [-0.4, -0.2) is 62.6 Å². The summed E-state index contributed by atoms with van der Waals surface area (Å²) in [5, 5.41) is 13.9. The molecule has 1 aromatic rings. The van der Waals surface area contributed by atoms with E-state index in [0.29, 0.717) is 12.5 Å². The maximum Gasteiger partial charge on any atom is 0.500 e. The average Bonchev–Trinajstić information content (AvgIpc) is 3.01. The monoisotopic (exact) mass is 503 g/mol. The molecule has 13 heteroatoms. The fourth-order valence-corrected chi connectivity index (χ4v) is 6.12. The first kappa shape index (κ1) is 26.9. The summed E-state index contributed by atoms with van der Waals surface area (Å²) in [4.78, 5) is 39.4. The van der Waals surface area contributed by atoms with Crippen molar-refractivity contribution >= 4 is 19.9 Å². The number of hydrogen-bond donors (Lipinski definition) is 4. The topological polar surface area (TPSA) is 167 Å². The summed E-state index contributed by atoms with van der Waals surface area (Å²) in [6.07, 6.45) is 2.37. The van der Waals surface area contributed by atoms with E-state index in [9.17, 15) is 19.6 Å². The van der Waals surface area contributed by atoms with Gasteiger partial charge in [0, 0.05) is 6.20 Å². The van der Waals surface area contributed by atoms with Crippen molar-refractivity contribution in [2.45, 2.75) is 83.5 Å². The zero-order chi connectivity index (χ0) is 25.1. The second kappa shape index (κ2) is 10.9. The third-order valence-electron chi connectivity index (χ3n) is 6.06. The number of fused-ring (bicyclic) bond motifs is 1. The van der Waals surface area contributed by atoms with Gasteiger partial charge in [0.2, 0.25) is 0 Å². The molecule has 192 valence electrons. The number of anilines is 1. The zero-order valence-electron chi connectivity index (χ0n) is 20.0. The van der Waals surface area contributed by atoms with Gasteiger partial charge in [-0.05, 0) is 38.7 Å². The van der Waals surface area contributed by atoms with Gasteiger partial charge in [-0.2, -0.15) is 18.9 Å². The van der Waals surface area contributed by atoms with E-state index in [1.807, 2.05) is 0 Å². The summed E-state index contributed by atoms with van der Waals surface area (Å²) in [6.45, 7) is 7.34. The number of nitrogens with zero attached hydrogens (tertiary/aromatic N) is 2. The second-order valence-electron chi connectivity index (χ2n) is 9.06. The van der Waals surface area contributed by atoms with Crippen LogP contribution in [0.1, 0.15) is 59.6 Å². The lowest BCUT2D eigenvalue weighted by Crippen LogP contribution is -2.51. The van der Waals surface area contributed by atoms with Crippen molar-refractivity contribution < 1.29 is 33.3 Å². The largest absolute Gasteiger partial charge is 0.500 e. The molecule has 0 amide bonds. The van der Waals surface area contributed by atoms with Crippen molar-refractivity contribution in [1.29, 1.82) is 0 Å². The van der Waals surface area contributed by atoms with E-state index in [-0.39, 0.29) is 12.4 Å². The predicted octanol–water partition coefficient (Wildman–Crippen LogP) is 1.30. The molecule has 0 bridgehead atoms. The molecule has 6 atom stereocenters. The molecule has 1 aromatic heterocycles. The van der Waals surface area contributed by atoms with Gasteiger partial charge in [0.25, 0.3) is 0 Å². The molecule has 3 heterocycles. The Balaban J connectivity index is 1.64. The number of hydrogen-bond acceptors (Lipinski definition) is 11. The normalized spacial score (nSPS) is 31.9. The Morgan fingerprint density at radius 3 is 2.74 bits per heavy atom. The highest BCUT2D eigenvalue weighted by atomic mass is 31.2. The van der Waals surface area contributed by atoms with Crippen molar-refractivity contribution in [3.05, 3.63) is 22.7 Å². The Labute approximate surface area is 199 Å². The summed E-state index contributed by atoms with van der Waals surface area (Å²) in [6, 6.07) is 0.495. The van der Waals surface area contributed by atoms with Crippen LogP contribution in [0.2, 0.25) is 0 Å². The number of nitrogens with one attached hydrogen (secondary N) is 1. The molecule has 2 aliphatic rings. The number of nitrogen functional groups attached to an aromatic ring is 1. The maximum atomic E-state index is 12.5. The van der Waals surface area contributed by atoms with Crippen LogP contribution in [0.15, 0.2) is 17.1 Å². The van der Waals surface area contributed by atoms with Gasteiger partial charge in [0.1, 0.15) is 30.2 Å². The molecule has 0 radical (unpaired) electrons. The summed E-state index contributed by atoms with van der Waals surface area (Å²) >= 11 is 0. The maximum absolute atomic E-state index is 12.5. The smallest absolute Gasteiger partial charge is 0.464 e. The minimum absolute atomic E-state index is 0.0389. The van der Waals surface area contributed by atoms with E-state index in [1.165, 1.54) is 19.2 Å². The molecular formula is C21H36N4O8P+. The van der Waals surface area contributed by atoms with E-state index in [4.69, 9.17) is 24.3 Å². The lowest BCUT2D eigenvalue weighted by Gasteiger charge is -2.33. The van der Waals surface area contributed by atoms with E-state index in [0.717, 1.165) is 30.3 Å². The molecule has 12 nitrogen and oxygen atoms in total. The first-order valence-electron chi connectivity index (χ1n) is 11.6. The number of aromatic nitrogens is 2. The van der Waals surface area contributed by atoms with Gasteiger partial charge in [-0.3, -0.25) is 9.36 Å². The van der Waals surface area contributed by atoms with Gasteiger partial charge in [-0.1, -0.05) is 26.7 Å². The van der Waals surface area contributed by atoms with Crippen LogP contribution in [0.3, 0.4) is 0 Å². The van der Waals surface area contributed by atoms with Crippen molar-refractivity contribution in [3.63, 3.8) is 0 Å². The Morgan fingerprint density at radius 1 is 1.44 bits per heavy atom. The molecule has 2 fully saturated rings.